The predicted octanol–water partition coefficient (Wildman–Crippen LogP) is 2.09. The Labute approximate surface area is 90.7 Å². The van der Waals surface area contributed by atoms with Crippen LogP contribution in [0.2, 0.25) is 0 Å². The van der Waals surface area contributed by atoms with Gasteiger partial charge in [-0.3, -0.25) is 0 Å². The highest BCUT2D eigenvalue weighted by atomic mass is 15.1. The van der Waals surface area contributed by atoms with Crippen molar-refractivity contribution in [3.63, 3.8) is 0 Å². The maximum Gasteiger partial charge on any atom is 0.0948 e. The third kappa shape index (κ3) is 1.59. The van der Waals surface area contributed by atoms with Crippen molar-refractivity contribution in [2.75, 3.05) is 0 Å². The summed E-state index contributed by atoms with van der Waals surface area (Å²) in [5.74, 6) is 1.00. The van der Waals surface area contributed by atoms with Gasteiger partial charge < -0.3 is 10.3 Å². The van der Waals surface area contributed by atoms with Gasteiger partial charge in [-0.15, -0.1) is 0 Å². The lowest BCUT2D eigenvalue weighted by Crippen LogP contribution is -2.18. The molecule has 3 heteroatoms. The Hall–Kier alpha value is -0.830. The second kappa shape index (κ2) is 3.08. The Kier molecular flexibility index (Phi) is 1.93. The van der Waals surface area contributed by atoms with Crippen LogP contribution >= 0.6 is 0 Å². The summed E-state index contributed by atoms with van der Waals surface area (Å²) >= 11 is 0. The van der Waals surface area contributed by atoms with Gasteiger partial charge in [0.2, 0.25) is 0 Å². The first-order valence-corrected chi connectivity index (χ1v) is 5.97. The highest BCUT2D eigenvalue weighted by molar-refractivity contribution is 5.09. The molecule has 1 atom stereocenters. The van der Waals surface area contributed by atoms with Gasteiger partial charge in [0.15, 0.2) is 0 Å². The molecule has 0 bridgehead atoms. The molecule has 1 aromatic heterocycles. The van der Waals surface area contributed by atoms with Crippen molar-refractivity contribution in [2.24, 2.45) is 17.1 Å². The third-order valence-corrected chi connectivity index (χ3v) is 4.03. The first kappa shape index (κ1) is 9.40. The fourth-order valence-corrected chi connectivity index (χ4v) is 2.73. The number of hydrogen-bond donors (Lipinski definition) is 1. The highest BCUT2D eigenvalue weighted by Gasteiger charge is 2.53. The van der Waals surface area contributed by atoms with E-state index in [-0.39, 0.29) is 6.04 Å². The summed E-state index contributed by atoms with van der Waals surface area (Å²) < 4.78 is 2.27. The lowest BCUT2D eigenvalue weighted by Gasteiger charge is -2.18. The smallest absolute Gasteiger partial charge is 0.0948 e. The van der Waals surface area contributed by atoms with Crippen molar-refractivity contribution < 1.29 is 0 Å². The van der Waals surface area contributed by atoms with Crippen LogP contribution in [0.4, 0.5) is 0 Å². The lowest BCUT2D eigenvalue weighted by atomic mass is 10.0. The molecule has 1 heterocycles. The summed E-state index contributed by atoms with van der Waals surface area (Å²) in [6.07, 6.45) is 9.57. The number of nitrogens with zero attached hydrogens (tertiary/aromatic N) is 2. The number of aromatic nitrogens is 2. The van der Waals surface area contributed by atoms with Crippen molar-refractivity contribution in [1.82, 2.24) is 9.55 Å². The minimum absolute atomic E-state index is 0.0995. The summed E-state index contributed by atoms with van der Waals surface area (Å²) in [6, 6.07) is 0.0995. The Balaban J connectivity index is 1.78. The fraction of sp³-hybridized carbons (Fsp3) is 0.750. The molecule has 0 radical (unpaired) electrons. The number of imidazole rings is 1. The van der Waals surface area contributed by atoms with E-state index in [0.717, 1.165) is 12.5 Å². The maximum absolute atomic E-state index is 5.93. The van der Waals surface area contributed by atoms with E-state index in [9.17, 15) is 0 Å². The van der Waals surface area contributed by atoms with Crippen LogP contribution in [0.15, 0.2) is 12.5 Å². The van der Waals surface area contributed by atoms with Crippen molar-refractivity contribution in [2.45, 2.75) is 45.2 Å². The number of rotatable bonds is 4. The molecule has 1 aromatic rings. The van der Waals surface area contributed by atoms with Gasteiger partial charge in [-0.1, -0.05) is 0 Å². The van der Waals surface area contributed by atoms with E-state index in [1.807, 2.05) is 19.4 Å². The average Bonchev–Trinajstić information content (AvgIpc) is 3.04. The van der Waals surface area contributed by atoms with Gasteiger partial charge in [0.05, 0.1) is 12.0 Å². The molecule has 0 aliphatic heterocycles. The summed E-state index contributed by atoms with van der Waals surface area (Å²) in [6.45, 7) is 3.18. The molecule has 0 unspecified atom stereocenters. The zero-order valence-corrected chi connectivity index (χ0v) is 9.32. The summed E-state index contributed by atoms with van der Waals surface area (Å²) in [5, 5.41) is 0. The molecule has 2 fully saturated rings. The highest BCUT2D eigenvalue weighted by Crippen LogP contribution is 2.62. The van der Waals surface area contributed by atoms with Gasteiger partial charge in [-0.2, -0.15) is 0 Å². The Bertz CT molecular complexity index is 359. The number of nitrogens with two attached hydrogens (primary N) is 1. The average molecular weight is 205 g/mol. The number of hydrogen-bond acceptors (Lipinski definition) is 2. The first-order chi connectivity index (χ1) is 7.21. The molecule has 0 aromatic carbocycles. The van der Waals surface area contributed by atoms with Crippen LogP contribution in [0, 0.1) is 11.3 Å². The molecule has 2 aliphatic rings. The molecule has 0 spiro atoms. The molecular formula is C12H19N3. The van der Waals surface area contributed by atoms with Gasteiger partial charge in [0.25, 0.3) is 0 Å². The SMILES string of the molecule is C[C@@H](N)c1cncn1CC1(C2CC2)CC1. The van der Waals surface area contributed by atoms with E-state index in [4.69, 9.17) is 5.73 Å². The molecule has 3 nitrogen and oxygen atoms in total. The molecule has 15 heavy (non-hydrogen) atoms. The van der Waals surface area contributed by atoms with Crippen LogP contribution in [0.1, 0.15) is 44.3 Å². The lowest BCUT2D eigenvalue weighted by molar-refractivity contribution is 0.362. The maximum atomic E-state index is 5.93. The summed E-state index contributed by atoms with van der Waals surface area (Å²) in [5.41, 5.74) is 7.74. The van der Waals surface area contributed by atoms with Crippen molar-refractivity contribution in [1.29, 1.82) is 0 Å². The molecule has 82 valence electrons. The first-order valence-electron chi connectivity index (χ1n) is 5.97. The summed E-state index contributed by atoms with van der Waals surface area (Å²) in [4.78, 5) is 4.22. The Morgan fingerprint density at radius 1 is 1.60 bits per heavy atom. The second-order valence-corrected chi connectivity index (χ2v) is 5.37. The Morgan fingerprint density at radius 2 is 2.33 bits per heavy atom. The normalized spacial score (nSPS) is 25.2. The monoisotopic (exact) mass is 205 g/mol. The van der Waals surface area contributed by atoms with E-state index in [1.165, 1.54) is 31.4 Å². The molecular weight excluding hydrogens is 186 g/mol. The van der Waals surface area contributed by atoms with Crippen LogP contribution in [0.3, 0.4) is 0 Å². The second-order valence-electron chi connectivity index (χ2n) is 5.37. The van der Waals surface area contributed by atoms with E-state index in [1.54, 1.807) is 0 Å². The van der Waals surface area contributed by atoms with Crippen LogP contribution in [-0.4, -0.2) is 9.55 Å². The Morgan fingerprint density at radius 3 is 2.87 bits per heavy atom. The van der Waals surface area contributed by atoms with Crippen molar-refractivity contribution >= 4 is 0 Å². The molecule has 3 rings (SSSR count). The van der Waals surface area contributed by atoms with Crippen molar-refractivity contribution in [3.8, 4) is 0 Å². The van der Waals surface area contributed by atoms with Gasteiger partial charge in [-0.05, 0) is 43.9 Å². The van der Waals surface area contributed by atoms with E-state index in [0.29, 0.717) is 5.41 Å². The van der Waals surface area contributed by atoms with Crippen LogP contribution in [0.5, 0.6) is 0 Å². The molecule has 0 amide bonds. The van der Waals surface area contributed by atoms with Gasteiger partial charge in [-0.25, -0.2) is 4.98 Å². The standard InChI is InChI=1S/C12H19N3/c1-9(13)11-6-14-8-15(11)7-12(4-5-12)10-2-3-10/h6,8-10H,2-5,7,13H2,1H3/t9-/m1/s1. The molecule has 0 saturated heterocycles. The molecule has 2 saturated carbocycles. The fourth-order valence-electron chi connectivity index (χ4n) is 2.73. The van der Waals surface area contributed by atoms with Crippen LogP contribution in [-0.2, 0) is 6.54 Å². The van der Waals surface area contributed by atoms with Crippen LogP contribution < -0.4 is 5.73 Å². The van der Waals surface area contributed by atoms with Gasteiger partial charge in [0.1, 0.15) is 0 Å². The molecule has 2 N–H and O–H groups in total. The van der Waals surface area contributed by atoms with E-state index < -0.39 is 0 Å². The van der Waals surface area contributed by atoms with Crippen molar-refractivity contribution in [3.05, 3.63) is 18.2 Å². The van der Waals surface area contributed by atoms with E-state index >= 15 is 0 Å². The van der Waals surface area contributed by atoms with Gasteiger partial charge in [0, 0.05) is 18.8 Å². The predicted molar refractivity (Wildman–Crippen MR) is 59.2 cm³/mol. The van der Waals surface area contributed by atoms with E-state index in [2.05, 4.69) is 9.55 Å². The third-order valence-electron chi connectivity index (χ3n) is 4.03. The largest absolute Gasteiger partial charge is 0.333 e. The van der Waals surface area contributed by atoms with Crippen LogP contribution in [0.25, 0.3) is 0 Å². The topological polar surface area (TPSA) is 43.8 Å². The zero-order valence-electron chi connectivity index (χ0n) is 9.32. The minimum atomic E-state index is 0.0995. The minimum Gasteiger partial charge on any atom is -0.333 e. The molecule has 2 aliphatic carbocycles. The quantitative estimate of drug-likeness (QED) is 0.818. The zero-order chi connectivity index (χ0) is 10.5. The van der Waals surface area contributed by atoms with Gasteiger partial charge >= 0.3 is 0 Å². The summed E-state index contributed by atoms with van der Waals surface area (Å²) in [7, 11) is 0.